The first-order valence-electron chi connectivity index (χ1n) is 3.77. The van der Waals surface area contributed by atoms with Crippen molar-refractivity contribution in [2.24, 2.45) is 0 Å². The van der Waals surface area contributed by atoms with Gasteiger partial charge in [0.1, 0.15) is 6.10 Å². The lowest BCUT2D eigenvalue weighted by Gasteiger charge is -2.08. The second-order valence-electron chi connectivity index (χ2n) is 2.51. The van der Waals surface area contributed by atoms with Gasteiger partial charge in [0.25, 0.3) is 0 Å². The fourth-order valence-corrected chi connectivity index (χ4v) is 1.11. The standard InChI is InChI=1S/C8H12O3/c1-3-5-7-6(4-2)10-8(9)11-7/h4,6-7H,2-3,5H2,1H3. The van der Waals surface area contributed by atoms with Crippen LogP contribution in [-0.2, 0) is 9.47 Å². The third-order valence-electron chi connectivity index (χ3n) is 1.65. The van der Waals surface area contributed by atoms with E-state index in [1.165, 1.54) is 0 Å². The maximum Gasteiger partial charge on any atom is 0.509 e. The van der Waals surface area contributed by atoms with E-state index in [-0.39, 0.29) is 12.2 Å². The van der Waals surface area contributed by atoms with E-state index in [2.05, 4.69) is 6.58 Å². The number of ether oxygens (including phenoxy) is 2. The van der Waals surface area contributed by atoms with E-state index in [4.69, 9.17) is 9.47 Å². The molecule has 0 aromatic heterocycles. The zero-order valence-corrected chi connectivity index (χ0v) is 6.58. The Labute approximate surface area is 66.0 Å². The van der Waals surface area contributed by atoms with Gasteiger partial charge >= 0.3 is 6.16 Å². The van der Waals surface area contributed by atoms with Crippen LogP contribution in [0.3, 0.4) is 0 Å². The summed E-state index contributed by atoms with van der Waals surface area (Å²) < 4.78 is 9.67. The number of carbonyl (C=O) groups excluding carboxylic acids is 1. The lowest BCUT2D eigenvalue weighted by molar-refractivity contribution is 0.115. The Bertz CT molecular complexity index is 165. The molecular weight excluding hydrogens is 144 g/mol. The molecule has 3 nitrogen and oxygen atoms in total. The largest absolute Gasteiger partial charge is 0.509 e. The summed E-state index contributed by atoms with van der Waals surface area (Å²) in [5.74, 6) is 0. The van der Waals surface area contributed by atoms with Gasteiger partial charge in [-0.2, -0.15) is 0 Å². The van der Waals surface area contributed by atoms with Crippen LogP contribution in [0.15, 0.2) is 12.7 Å². The van der Waals surface area contributed by atoms with Crippen LogP contribution in [-0.4, -0.2) is 18.4 Å². The minimum Gasteiger partial charge on any atom is -0.427 e. The first-order valence-corrected chi connectivity index (χ1v) is 3.77. The average molecular weight is 156 g/mol. The average Bonchev–Trinajstić information content (AvgIpc) is 2.32. The molecule has 0 bridgehead atoms. The molecule has 0 spiro atoms. The van der Waals surface area contributed by atoms with Gasteiger partial charge in [-0.15, -0.1) is 0 Å². The van der Waals surface area contributed by atoms with Crippen molar-refractivity contribution >= 4 is 6.16 Å². The minimum absolute atomic E-state index is 0.120. The Kier molecular flexibility index (Phi) is 2.52. The topological polar surface area (TPSA) is 35.5 Å². The van der Waals surface area contributed by atoms with Crippen LogP contribution in [0.1, 0.15) is 19.8 Å². The molecule has 11 heavy (non-hydrogen) atoms. The molecule has 0 aromatic rings. The number of hydrogen-bond donors (Lipinski definition) is 0. The van der Waals surface area contributed by atoms with Crippen LogP contribution < -0.4 is 0 Å². The van der Waals surface area contributed by atoms with Crippen LogP contribution in [0.2, 0.25) is 0 Å². The van der Waals surface area contributed by atoms with Crippen LogP contribution in [0.25, 0.3) is 0 Å². The van der Waals surface area contributed by atoms with E-state index < -0.39 is 6.16 Å². The summed E-state index contributed by atoms with van der Waals surface area (Å²) in [6.07, 6.45) is 2.47. The van der Waals surface area contributed by atoms with Gasteiger partial charge in [0.05, 0.1) is 0 Å². The van der Waals surface area contributed by atoms with E-state index in [0.29, 0.717) is 0 Å². The molecule has 3 heteroatoms. The molecule has 62 valence electrons. The van der Waals surface area contributed by atoms with Crippen molar-refractivity contribution in [3.63, 3.8) is 0 Å². The maximum atomic E-state index is 10.6. The quantitative estimate of drug-likeness (QED) is 0.462. The molecule has 1 heterocycles. The van der Waals surface area contributed by atoms with Crippen molar-refractivity contribution in [1.82, 2.24) is 0 Å². The second kappa shape index (κ2) is 3.42. The lowest BCUT2D eigenvalue weighted by atomic mass is 10.1. The highest BCUT2D eigenvalue weighted by molar-refractivity contribution is 5.62. The van der Waals surface area contributed by atoms with E-state index in [1.807, 2.05) is 6.92 Å². The van der Waals surface area contributed by atoms with Crippen molar-refractivity contribution < 1.29 is 14.3 Å². The van der Waals surface area contributed by atoms with Gasteiger partial charge in [-0.1, -0.05) is 19.9 Å². The summed E-state index contributed by atoms with van der Waals surface area (Å²) in [6, 6.07) is 0. The first-order chi connectivity index (χ1) is 5.27. The molecule has 2 unspecified atom stereocenters. The van der Waals surface area contributed by atoms with Gasteiger partial charge < -0.3 is 9.47 Å². The summed E-state index contributed by atoms with van der Waals surface area (Å²) in [6.45, 7) is 5.59. The highest BCUT2D eigenvalue weighted by Gasteiger charge is 2.33. The Morgan fingerprint density at radius 2 is 2.36 bits per heavy atom. The predicted molar refractivity (Wildman–Crippen MR) is 40.2 cm³/mol. The first kappa shape index (κ1) is 8.11. The Balaban J connectivity index is 2.49. The minimum atomic E-state index is -0.576. The van der Waals surface area contributed by atoms with Crippen LogP contribution in [0, 0.1) is 0 Å². The SMILES string of the molecule is C=CC1OC(=O)OC1CCC. The summed E-state index contributed by atoms with van der Waals surface area (Å²) in [5, 5.41) is 0. The molecule has 0 aliphatic carbocycles. The zero-order chi connectivity index (χ0) is 8.27. The summed E-state index contributed by atoms with van der Waals surface area (Å²) >= 11 is 0. The molecule has 1 saturated heterocycles. The normalized spacial score (nSPS) is 29.4. The second-order valence-corrected chi connectivity index (χ2v) is 2.51. The monoisotopic (exact) mass is 156 g/mol. The molecule has 2 atom stereocenters. The summed E-state index contributed by atoms with van der Waals surface area (Å²) in [5.41, 5.74) is 0. The Hall–Kier alpha value is -0.990. The van der Waals surface area contributed by atoms with E-state index >= 15 is 0 Å². The highest BCUT2D eigenvalue weighted by atomic mass is 16.8. The van der Waals surface area contributed by atoms with Crippen molar-refractivity contribution in [2.75, 3.05) is 0 Å². The van der Waals surface area contributed by atoms with E-state index in [1.54, 1.807) is 6.08 Å². The maximum absolute atomic E-state index is 10.6. The molecule has 0 amide bonds. The zero-order valence-electron chi connectivity index (χ0n) is 6.58. The van der Waals surface area contributed by atoms with Crippen molar-refractivity contribution in [2.45, 2.75) is 32.0 Å². The Morgan fingerprint density at radius 3 is 2.91 bits per heavy atom. The predicted octanol–water partition coefficient (Wildman–Crippen LogP) is 1.88. The van der Waals surface area contributed by atoms with E-state index in [0.717, 1.165) is 12.8 Å². The summed E-state index contributed by atoms with van der Waals surface area (Å²) in [4.78, 5) is 10.6. The van der Waals surface area contributed by atoms with Gasteiger partial charge in [0, 0.05) is 0 Å². The number of rotatable bonds is 3. The smallest absolute Gasteiger partial charge is 0.427 e. The number of carbonyl (C=O) groups is 1. The molecule has 0 radical (unpaired) electrons. The van der Waals surface area contributed by atoms with Crippen LogP contribution >= 0.6 is 0 Å². The fourth-order valence-electron chi connectivity index (χ4n) is 1.11. The lowest BCUT2D eigenvalue weighted by Crippen LogP contribution is -2.19. The van der Waals surface area contributed by atoms with Crippen molar-refractivity contribution in [3.8, 4) is 0 Å². The third-order valence-corrected chi connectivity index (χ3v) is 1.65. The fraction of sp³-hybridized carbons (Fsp3) is 0.625. The molecule has 1 rings (SSSR count). The van der Waals surface area contributed by atoms with Crippen LogP contribution in [0.5, 0.6) is 0 Å². The molecular formula is C8H12O3. The van der Waals surface area contributed by atoms with Gasteiger partial charge in [-0.3, -0.25) is 0 Å². The van der Waals surface area contributed by atoms with Gasteiger partial charge in [0.15, 0.2) is 6.10 Å². The molecule has 0 N–H and O–H groups in total. The van der Waals surface area contributed by atoms with Crippen molar-refractivity contribution in [1.29, 1.82) is 0 Å². The van der Waals surface area contributed by atoms with E-state index in [9.17, 15) is 4.79 Å². The molecule has 1 aliphatic rings. The molecule has 1 fully saturated rings. The Morgan fingerprint density at radius 1 is 1.64 bits per heavy atom. The van der Waals surface area contributed by atoms with Crippen LogP contribution in [0.4, 0.5) is 4.79 Å². The van der Waals surface area contributed by atoms with Gasteiger partial charge in [-0.05, 0) is 12.5 Å². The van der Waals surface area contributed by atoms with Crippen molar-refractivity contribution in [3.05, 3.63) is 12.7 Å². The molecule has 0 aromatic carbocycles. The molecule has 0 saturated carbocycles. The molecule has 1 aliphatic heterocycles. The summed E-state index contributed by atoms with van der Waals surface area (Å²) in [7, 11) is 0. The number of cyclic esters (lactones) is 2. The number of hydrogen-bond acceptors (Lipinski definition) is 3. The van der Waals surface area contributed by atoms with Gasteiger partial charge in [0.2, 0.25) is 0 Å². The third kappa shape index (κ3) is 1.73. The van der Waals surface area contributed by atoms with Gasteiger partial charge in [-0.25, -0.2) is 4.79 Å². The highest BCUT2D eigenvalue weighted by Crippen LogP contribution is 2.19.